The van der Waals surface area contributed by atoms with Crippen LogP contribution in [-0.2, 0) is 26.6 Å². The summed E-state index contributed by atoms with van der Waals surface area (Å²) in [6.07, 6.45) is 2.56. The molecular formula is C13H15N3O4S. The van der Waals surface area contributed by atoms with E-state index >= 15 is 0 Å². The Labute approximate surface area is 122 Å². The second kappa shape index (κ2) is 6.06. The Balaban J connectivity index is 2.34. The van der Waals surface area contributed by atoms with Crippen molar-refractivity contribution in [3.05, 3.63) is 48.3 Å². The molecule has 1 aromatic carbocycles. The summed E-state index contributed by atoms with van der Waals surface area (Å²) in [5, 5.41) is 3.81. The van der Waals surface area contributed by atoms with E-state index < -0.39 is 22.0 Å². The summed E-state index contributed by atoms with van der Waals surface area (Å²) in [7, 11) is -1.07. The second-order valence-corrected chi connectivity index (χ2v) is 6.05. The summed E-state index contributed by atoms with van der Waals surface area (Å²) in [6.45, 7) is 0. The molecule has 1 aromatic heterocycles. The van der Waals surface area contributed by atoms with Crippen molar-refractivity contribution in [2.75, 3.05) is 7.11 Å². The topological polar surface area (TPSA) is 90.3 Å². The van der Waals surface area contributed by atoms with Gasteiger partial charge in [-0.05, 0) is 5.56 Å². The van der Waals surface area contributed by atoms with Crippen LogP contribution in [0.4, 0.5) is 0 Å². The summed E-state index contributed by atoms with van der Waals surface area (Å²) in [4.78, 5) is 11.8. The van der Waals surface area contributed by atoms with E-state index in [0.717, 1.165) is 0 Å². The molecule has 1 atom stereocenters. The highest BCUT2D eigenvalue weighted by atomic mass is 32.2. The number of benzene rings is 1. The fourth-order valence-corrected chi connectivity index (χ4v) is 2.93. The fraction of sp³-hybridized carbons (Fsp3) is 0.231. The summed E-state index contributed by atoms with van der Waals surface area (Å²) in [5.74, 6) is -0.686. The number of rotatable bonds is 5. The predicted molar refractivity (Wildman–Crippen MR) is 74.7 cm³/mol. The third kappa shape index (κ3) is 3.47. The highest BCUT2D eigenvalue weighted by Gasteiger charge is 2.28. The molecule has 112 valence electrons. The SMILES string of the molecule is COC(=O)C(NS(=O)(=O)c1cnn(C)c1)c1ccccc1. The molecule has 0 aliphatic carbocycles. The lowest BCUT2D eigenvalue weighted by Gasteiger charge is -2.16. The molecule has 0 saturated carbocycles. The van der Waals surface area contributed by atoms with Crippen LogP contribution in [0.15, 0.2) is 47.6 Å². The number of aryl methyl sites for hydroxylation is 1. The monoisotopic (exact) mass is 309 g/mol. The maximum Gasteiger partial charge on any atom is 0.328 e. The number of ether oxygens (including phenoxy) is 1. The fourth-order valence-electron chi connectivity index (χ4n) is 1.78. The number of carbonyl (C=O) groups is 1. The van der Waals surface area contributed by atoms with Crippen LogP contribution in [-0.4, -0.2) is 31.3 Å². The minimum absolute atomic E-state index is 0.0187. The molecule has 0 amide bonds. The number of aromatic nitrogens is 2. The zero-order valence-electron chi connectivity index (χ0n) is 11.6. The van der Waals surface area contributed by atoms with E-state index in [1.165, 1.54) is 24.2 Å². The number of sulfonamides is 1. The molecule has 0 aliphatic heterocycles. The standard InChI is InChI=1S/C13H15N3O4S/c1-16-9-11(8-14-16)21(18,19)15-12(13(17)20-2)10-6-4-3-5-7-10/h3-9,12,15H,1-2H3. The Morgan fingerprint density at radius 2 is 2.00 bits per heavy atom. The normalized spacial score (nSPS) is 12.9. The van der Waals surface area contributed by atoms with E-state index in [-0.39, 0.29) is 4.90 Å². The van der Waals surface area contributed by atoms with Gasteiger partial charge in [0.15, 0.2) is 0 Å². The first-order chi connectivity index (χ1) is 9.94. The lowest BCUT2D eigenvalue weighted by atomic mass is 10.1. The first kappa shape index (κ1) is 15.2. The molecule has 1 unspecified atom stereocenters. The van der Waals surface area contributed by atoms with Gasteiger partial charge in [0.05, 0.1) is 13.3 Å². The highest BCUT2D eigenvalue weighted by molar-refractivity contribution is 7.89. The van der Waals surface area contributed by atoms with Crippen molar-refractivity contribution in [3.8, 4) is 0 Å². The van der Waals surface area contributed by atoms with Gasteiger partial charge in [0.1, 0.15) is 10.9 Å². The van der Waals surface area contributed by atoms with Gasteiger partial charge >= 0.3 is 5.97 Å². The molecule has 0 aliphatic rings. The van der Waals surface area contributed by atoms with Gasteiger partial charge in [-0.25, -0.2) is 13.2 Å². The number of nitrogens with one attached hydrogen (secondary N) is 1. The van der Waals surface area contributed by atoms with Crippen LogP contribution in [0.2, 0.25) is 0 Å². The molecular weight excluding hydrogens is 294 g/mol. The van der Waals surface area contributed by atoms with Crippen molar-refractivity contribution >= 4 is 16.0 Å². The van der Waals surface area contributed by atoms with Crippen molar-refractivity contribution < 1.29 is 17.9 Å². The van der Waals surface area contributed by atoms with E-state index in [1.54, 1.807) is 37.4 Å². The molecule has 2 rings (SSSR count). The smallest absolute Gasteiger partial charge is 0.328 e. The number of methoxy groups -OCH3 is 1. The van der Waals surface area contributed by atoms with E-state index in [4.69, 9.17) is 0 Å². The molecule has 1 heterocycles. The Kier molecular flexibility index (Phi) is 4.39. The minimum atomic E-state index is -3.88. The van der Waals surface area contributed by atoms with Crippen LogP contribution < -0.4 is 4.72 Å². The number of hydrogen-bond acceptors (Lipinski definition) is 5. The summed E-state index contributed by atoms with van der Waals surface area (Å²) < 4.78 is 32.9. The molecule has 2 aromatic rings. The zero-order chi connectivity index (χ0) is 15.5. The van der Waals surface area contributed by atoms with Crippen molar-refractivity contribution in [2.45, 2.75) is 10.9 Å². The molecule has 0 radical (unpaired) electrons. The van der Waals surface area contributed by atoms with Gasteiger partial charge in [0.25, 0.3) is 0 Å². The number of nitrogens with zero attached hydrogens (tertiary/aromatic N) is 2. The molecule has 1 N–H and O–H groups in total. The Morgan fingerprint density at radius 1 is 1.33 bits per heavy atom. The van der Waals surface area contributed by atoms with Gasteiger partial charge in [0.2, 0.25) is 10.0 Å². The van der Waals surface area contributed by atoms with Crippen LogP contribution >= 0.6 is 0 Å². The zero-order valence-corrected chi connectivity index (χ0v) is 12.4. The van der Waals surface area contributed by atoms with Gasteiger partial charge in [-0.2, -0.15) is 9.82 Å². The lowest BCUT2D eigenvalue weighted by molar-refractivity contribution is -0.142. The van der Waals surface area contributed by atoms with Crippen molar-refractivity contribution in [1.82, 2.24) is 14.5 Å². The van der Waals surface area contributed by atoms with Crippen molar-refractivity contribution in [3.63, 3.8) is 0 Å². The van der Waals surface area contributed by atoms with Crippen LogP contribution in [0, 0.1) is 0 Å². The first-order valence-corrected chi connectivity index (χ1v) is 7.56. The Hall–Kier alpha value is -2.19. The van der Waals surface area contributed by atoms with Gasteiger partial charge in [-0.3, -0.25) is 4.68 Å². The second-order valence-electron chi connectivity index (χ2n) is 4.34. The molecule has 0 saturated heterocycles. The van der Waals surface area contributed by atoms with Crippen LogP contribution in [0.3, 0.4) is 0 Å². The summed E-state index contributed by atoms with van der Waals surface area (Å²) in [6, 6.07) is 7.38. The molecule has 8 heteroatoms. The highest BCUT2D eigenvalue weighted by Crippen LogP contribution is 2.18. The minimum Gasteiger partial charge on any atom is -0.468 e. The van der Waals surface area contributed by atoms with Crippen LogP contribution in [0.25, 0.3) is 0 Å². The number of carbonyl (C=O) groups excluding carboxylic acids is 1. The van der Waals surface area contributed by atoms with Gasteiger partial charge in [-0.1, -0.05) is 30.3 Å². The average Bonchev–Trinajstić information content (AvgIpc) is 2.92. The van der Waals surface area contributed by atoms with Gasteiger partial charge in [-0.15, -0.1) is 0 Å². The van der Waals surface area contributed by atoms with E-state index in [0.29, 0.717) is 5.56 Å². The summed E-state index contributed by atoms with van der Waals surface area (Å²) in [5.41, 5.74) is 0.497. The maximum atomic E-state index is 12.3. The third-order valence-corrected chi connectivity index (χ3v) is 4.21. The molecule has 0 spiro atoms. The van der Waals surface area contributed by atoms with Crippen molar-refractivity contribution in [1.29, 1.82) is 0 Å². The largest absolute Gasteiger partial charge is 0.468 e. The van der Waals surface area contributed by atoms with Crippen molar-refractivity contribution in [2.24, 2.45) is 7.05 Å². The number of hydrogen-bond donors (Lipinski definition) is 1. The molecule has 21 heavy (non-hydrogen) atoms. The Bertz CT molecular complexity index is 725. The first-order valence-electron chi connectivity index (χ1n) is 6.08. The third-order valence-electron chi connectivity index (χ3n) is 2.83. The van der Waals surface area contributed by atoms with Gasteiger partial charge < -0.3 is 4.74 Å². The maximum absolute atomic E-state index is 12.3. The van der Waals surface area contributed by atoms with Crippen LogP contribution in [0.5, 0.6) is 0 Å². The summed E-state index contributed by atoms with van der Waals surface area (Å²) >= 11 is 0. The van der Waals surface area contributed by atoms with Crippen LogP contribution in [0.1, 0.15) is 11.6 Å². The lowest BCUT2D eigenvalue weighted by Crippen LogP contribution is -2.34. The van der Waals surface area contributed by atoms with E-state index in [1.807, 2.05) is 0 Å². The predicted octanol–water partition coefficient (Wildman–Crippen LogP) is 0.613. The molecule has 0 fully saturated rings. The Morgan fingerprint density at radius 3 is 2.52 bits per heavy atom. The van der Waals surface area contributed by atoms with E-state index in [2.05, 4.69) is 14.6 Å². The van der Waals surface area contributed by atoms with Gasteiger partial charge in [0, 0.05) is 13.2 Å². The quantitative estimate of drug-likeness (QED) is 0.817. The average molecular weight is 309 g/mol. The number of esters is 1. The molecule has 7 nitrogen and oxygen atoms in total. The van der Waals surface area contributed by atoms with E-state index in [9.17, 15) is 13.2 Å². The molecule has 0 bridgehead atoms.